The summed E-state index contributed by atoms with van der Waals surface area (Å²) in [6.07, 6.45) is 0.588. The number of methoxy groups -OCH3 is 1. The number of hydrogen-bond acceptors (Lipinski definition) is 4. The van der Waals surface area contributed by atoms with Gasteiger partial charge in [-0.3, -0.25) is 9.10 Å². The first-order valence-corrected chi connectivity index (χ1v) is 12.6. The number of rotatable bonds is 9. The largest absolute Gasteiger partial charge is 0.495 e. The Labute approximate surface area is 206 Å². The Morgan fingerprint density at radius 2 is 1.68 bits per heavy atom. The van der Waals surface area contributed by atoms with Gasteiger partial charge in [0.2, 0.25) is 5.91 Å². The van der Waals surface area contributed by atoms with Crippen molar-refractivity contribution in [2.45, 2.75) is 37.6 Å². The number of nitrogens with one attached hydrogen (secondary N) is 1. The van der Waals surface area contributed by atoms with Gasteiger partial charge in [-0.25, -0.2) is 8.42 Å². The first kappa shape index (κ1) is 25.6. The Bertz CT molecular complexity index is 1240. The van der Waals surface area contributed by atoms with Crippen LogP contribution in [0.25, 0.3) is 0 Å². The number of carbonyl (C=O) groups is 1. The minimum Gasteiger partial charge on any atom is -0.495 e. The van der Waals surface area contributed by atoms with Crippen LogP contribution in [0, 0.1) is 6.92 Å². The molecule has 1 amide bonds. The summed E-state index contributed by atoms with van der Waals surface area (Å²) in [7, 11) is -2.66. The van der Waals surface area contributed by atoms with Gasteiger partial charge in [0.05, 0.1) is 17.7 Å². The second kappa shape index (κ2) is 10.5. The van der Waals surface area contributed by atoms with Crippen LogP contribution >= 0.6 is 11.6 Å². The number of aryl methyl sites for hydroxylation is 1. The number of halogens is 1. The summed E-state index contributed by atoms with van der Waals surface area (Å²) in [5.41, 5.74) is 1.57. The molecule has 180 valence electrons. The molecule has 6 nitrogen and oxygen atoms in total. The van der Waals surface area contributed by atoms with Crippen LogP contribution in [-0.2, 0) is 21.2 Å². The van der Waals surface area contributed by atoms with E-state index in [-0.39, 0.29) is 16.3 Å². The lowest BCUT2D eigenvalue weighted by atomic mass is 9.95. The molecule has 0 aromatic heterocycles. The van der Waals surface area contributed by atoms with E-state index >= 15 is 0 Å². The van der Waals surface area contributed by atoms with Gasteiger partial charge in [-0.2, -0.15) is 0 Å². The molecule has 0 unspecified atom stereocenters. The number of ether oxygens (including phenoxy) is 1. The lowest BCUT2D eigenvalue weighted by Crippen LogP contribution is -2.50. The SMILES string of the molecule is COc1ccc(Cl)cc1N(CC(=O)NC(C)(C)Cc1ccccc1)S(=O)(=O)c1ccc(C)cc1. The van der Waals surface area contributed by atoms with E-state index < -0.39 is 28.0 Å². The fraction of sp³-hybridized carbons (Fsp3) is 0.269. The van der Waals surface area contributed by atoms with Gasteiger partial charge in [0.15, 0.2) is 0 Å². The average molecular weight is 501 g/mol. The molecule has 8 heteroatoms. The van der Waals surface area contributed by atoms with Crippen molar-refractivity contribution < 1.29 is 17.9 Å². The van der Waals surface area contributed by atoms with Crippen molar-refractivity contribution in [3.05, 3.63) is 88.9 Å². The van der Waals surface area contributed by atoms with E-state index in [2.05, 4.69) is 5.32 Å². The van der Waals surface area contributed by atoms with Crippen LogP contribution < -0.4 is 14.4 Å². The zero-order valence-electron chi connectivity index (χ0n) is 19.7. The maximum Gasteiger partial charge on any atom is 0.264 e. The minimum absolute atomic E-state index is 0.0662. The van der Waals surface area contributed by atoms with Crippen LogP contribution in [-0.4, -0.2) is 33.5 Å². The van der Waals surface area contributed by atoms with Gasteiger partial charge in [0.1, 0.15) is 12.3 Å². The monoisotopic (exact) mass is 500 g/mol. The number of anilines is 1. The maximum atomic E-state index is 13.7. The van der Waals surface area contributed by atoms with Gasteiger partial charge < -0.3 is 10.1 Å². The third-order valence-corrected chi connectivity index (χ3v) is 7.28. The number of sulfonamides is 1. The smallest absolute Gasteiger partial charge is 0.264 e. The van der Waals surface area contributed by atoms with Crippen LogP contribution in [0.2, 0.25) is 5.02 Å². The third-order valence-electron chi connectivity index (χ3n) is 5.27. The van der Waals surface area contributed by atoms with Crippen LogP contribution in [0.4, 0.5) is 5.69 Å². The molecular formula is C26H29ClN2O4S. The summed E-state index contributed by atoms with van der Waals surface area (Å²) in [4.78, 5) is 13.2. The standard InChI is InChI=1S/C26H29ClN2O4S/c1-19-10-13-22(14-11-19)34(31,32)29(23-16-21(27)12-15-24(23)33-4)18-25(30)28-26(2,3)17-20-8-6-5-7-9-20/h5-16H,17-18H2,1-4H3,(H,28,30). The van der Waals surface area contributed by atoms with E-state index in [0.29, 0.717) is 11.4 Å². The number of nitrogens with zero attached hydrogens (tertiary/aromatic N) is 1. The Kier molecular flexibility index (Phi) is 7.89. The average Bonchev–Trinajstić information content (AvgIpc) is 2.77. The first-order chi connectivity index (χ1) is 16.0. The summed E-state index contributed by atoms with van der Waals surface area (Å²) >= 11 is 6.19. The molecule has 0 saturated heterocycles. The molecule has 3 rings (SSSR count). The molecule has 3 aromatic carbocycles. The minimum atomic E-state index is -4.10. The summed E-state index contributed by atoms with van der Waals surface area (Å²) in [5, 5.41) is 3.29. The van der Waals surface area contributed by atoms with Crippen molar-refractivity contribution in [2.75, 3.05) is 18.0 Å². The van der Waals surface area contributed by atoms with Crippen molar-refractivity contribution in [1.82, 2.24) is 5.32 Å². The Hall–Kier alpha value is -3.03. The lowest BCUT2D eigenvalue weighted by Gasteiger charge is -2.30. The fourth-order valence-corrected chi connectivity index (χ4v) is 5.28. The van der Waals surface area contributed by atoms with Gasteiger partial charge in [-0.15, -0.1) is 0 Å². The molecule has 0 bridgehead atoms. The van der Waals surface area contributed by atoms with Gasteiger partial charge in [-0.1, -0.05) is 59.6 Å². The zero-order chi connectivity index (χ0) is 24.9. The highest BCUT2D eigenvalue weighted by Crippen LogP contribution is 2.35. The van der Waals surface area contributed by atoms with Crippen molar-refractivity contribution in [1.29, 1.82) is 0 Å². The molecule has 0 heterocycles. The Morgan fingerprint density at radius 1 is 1.03 bits per heavy atom. The normalized spacial score (nSPS) is 11.7. The zero-order valence-corrected chi connectivity index (χ0v) is 21.3. The van der Waals surface area contributed by atoms with Crippen LogP contribution in [0.15, 0.2) is 77.7 Å². The summed E-state index contributed by atoms with van der Waals surface area (Å²) < 4.78 is 33.8. The predicted molar refractivity (Wildman–Crippen MR) is 136 cm³/mol. The number of hydrogen-bond donors (Lipinski definition) is 1. The van der Waals surface area contributed by atoms with Crippen molar-refractivity contribution in [2.24, 2.45) is 0 Å². The van der Waals surface area contributed by atoms with Gasteiger partial charge >= 0.3 is 0 Å². The van der Waals surface area contributed by atoms with E-state index in [9.17, 15) is 13.2 Å². The molecule has 0 aliphatic rings. The van der Waals surface area contributed by atoms with E-state index in [1.165, 1.54) is 25.3 Å². The van der Waals surface area contributed by atoms with Crippen molar-refractivity contribution in [3.63, 3.8) is 0 Å². The van der Waals surface area contributed by atoms with Gasteiger partial charge in [0.25, 0.3) is 10.0 Å². The molecule has 3 aromatic rings. The second-order valence-electron chi connectivity index (χ2n) is 8.74. The van der Waals surface area contributed by atoms with E-state index in [1.807, 2.05) is 51.1 Å². The Morgan fingerprint density at radius 3 is 2.29 bits per heavy atom. The van der Waals surface area contributed by atoms with E-state index in [1.54, 1.807) is 24.3 Å². The number of amides is 1. The van der Waals surface area contributed by atoms with Gasteiger partial charge in [0, 0.05) is 10.6 Å². The molecule has 0 aliphatic carbocycles. The van der Waals surface area contributed by atoms with E-state index in [0.717, 1.165) is 15.4 Å². The molecule has 0 radical (unpaired) electrons. The summed E-state index contributed by atoms with van der Waals surface area (Å²) in [5.74, 6) is -0.157. The molecule has 0 spiro atoms. The molecule has 0 fully saturated rings. The van der Waals surface area contributed by atoms with E-state index in [4.69, 9.17) is 16.3 Å². The quantitative estimate of drug-likeness (QED) is 0.449. The molecule has 1 N–H and O–H groups in total. The fourth-order valence-electron chi connectivity index (χ4n) is 3.69. The van der Waals surface area contributed by atoms with Crippen LogP contribution in [0.3, 0.4) is 0 Å². The topological polar surface area (TPSA) is 75.7 Å². The van der Waals surface area contributed by atoms with Gasteiger partial charge in [-0.05, 0) is 63.1 Å². The van der Waals surface area contributed by atoms with Crippen LogP contribution in [0.1, 0.15) is 25.0 Å². The molecule has 0 atom stereocenters. The third kappa shape index (κ3) is 6.30. The maximum absolute atomic E-state index is 13.7. The predicted octanol–water partition coefficient (Wildman–Crippen LogP) is 4.99. The summed E-state index contributed by atoms with van der Waals surface area (Å²) in [6.45, 7) is 5.23. The molecule has 0 aliphatic heterocycles. The van der Waals surface area contributed by atoms with Crippen molar-refractivity contribution in [3.8, 4) is 5.75 Å². The highest BCUT2D eigenvalue weighted by molar-refractivity contribution is 7.92. The molecule has 34 heavy (non-hydrogen) atoms. The highest BCUT2D eigenvalue weighted by atomic mass is 35.5. The second-order valence-corrected chi connectivity index (χ2v) is 11.0. The molecule has 0 saturated carbocycles. The number of carbonyl (C=O) groups excluding carboxylic acids is 1. The molecular weight excluding hydrogens is 472 g/mol. The summed E-state index contributed by atoms with van der Waals surface area (Å²) in [6, 6.07) is 20.9. The lowest BCUT2D eigenvalue weighted by molar-refractivity contribution is -0.121. The highest BCUT2D eigenvalue weighted by Gasteiger charge is 2.31. The van der Waals surface area contributed by atoms with Crippen LogP contribution in [0.5, 0.6) is 5.75 Å². The van der Waals surface area contributed by atoms with Crippen molar-refractivity contribution >= 4 is 33.2 Å². The number of benzene rings is 3. The Balaban J connectivity index is 1.95. The first-order valence-electron chi connectivity index (χ1n) is 10.8.